The molecule has 0 aliphatic rings. The van der Waals surface area contributed by atoms with Gasteiger partial charge in [0.1, 0.15) is 23.1 Å². The highest BCUT2D eigenvalue weighted by Gasteiger charge is 2.32. The Hall–Kier alpha value is -2.18. The number of anilines is 1. The van der Waals surface area contributed by atoms with Gasteiger partial charge in [0.25, 0.3) is 0 Å². The van der Waals surface area contributed by atoms with Gasteiger partial charge in [-0.25, -0.2) is 4.98 Å². The molecule has 0 atom stereocenters. The maximum atomic E-state index is 12.5. The summed E-state index contributed by atoms with van der Waals surface area (Å²) in [5.41, 5.74) is 6.56. The lowest BCUT2D eigenvalue weighted by Crippen LogP contribution is -2.17. The van der Waals surface area contributed by atoms with E-state index >= 15 is 0 Å². The molecule has 0 spiro atoms. The molecular weight excluding hydrogens is 283 g/mol. The standard InChI is InChI=1S/C14H16F3N3O/c1-3-11-19-12(13(18)20(11)4-2)9-7-5-6-8-10(9)21-14(15,16)17/h5-8H,3-4,18H2,1-2H3. The van der Waals surface area contributed by atoms with E-state index in [0.29, 0.717) is 24.5 Å². The molecule has 0 radical (unpaired) electrons. The number of nitrogens with two attached hydrogens (primary N) is 1. The zero-order valence-corrected chi connectivity index (χ0v) is 11.7. The summed E-state index contributed by atoms with van der Waals surface area (Å²) in [7, 11) is 0. The number of para-hydroxylation sites is 1. The van der Waals surface area contributed by atoms with Gasteiger partial charge in [-0.3, -0.25) is 0 Å². The smallest absolute Gasteiger partial charge is 0.405 e. The van der Waals surface area contributed by atoms with Gasteiger partial charge in [0.2, 0.25) is 0 Å². The van der Waals surface area contributed by atoms with E-state index in [4.69, 9.17) is 5.73 Å². The molecule has 2 rings (SSSR count). The van der Waals surface area contributed by atoms with E-state index in [9.17, 15) is 13.2 Å². The van der Waals surface area contributed by atoms with Crippen molar-refractivity contribution in [3.63, 3.8) is 0 Å². The molecule has 0 unspecified atom stereocenters. The monoisotopic (exact) mass is 299 g/mol. The Morgan fingerprint density at radius 1 is 1.24 bits per heavy atom. The highest BCUT2D eigenvalue weighted by Crippen LogP contribution is 2.36. The molecule has 2 aromatic rings. The van der Waals surface area contributed by atoms with Crippen LogP contribution in [0.25, 0.3) is 11.3 Å². The van der Waals surface area contributed by atoms with Crippen LogP contribution in [0.2, 0.25) is 0 Å². The summed E-state index contributed by atoms with van der Waals surface area (Å²) in [6.45, 7) is 4.42. The molecule has 4 nitrogen and oxygen atoms in total. The van der Waals surface area contributed by atoms with Gasteiger partial charge in [-0.05, 0) is 19.1 Å². The highest BCUT2D eigenvalue weighted by molar-refractivity contribution is 5.76. The van der Waals surface area contributed by atoms with Gasteiger partial charge >= 0.3 is 6.36 Å². The quantitative estimate of drug-likeness (QED) is 0.938. The number of nitrogens with zero attached hydrogens (tertiary/aromatic N) is 2. The number of nitrogen functional groups attached to an aromatic ring is 1. The average Bonchev–Trinajstić information content (AvgIpc) is 2.73. The fourth-order valence-electron chi connectivity index (χ4n) is 2.21. The third-order valence-electron chi connectivity index (χ3n) is 3.09. The fourth-order valence-corrected chi connectivity index (χ4v) is 2.21. The van der Waals surface area contributed by atoms with Crippen LogP contribution >= 0.6 is 0 Å². The van der Waals surface area contributed by atoms with E-state index in [2.05, 4.69) is 9.72 Å². The molecule has 0 saturated heterocycles. The lowest BCUT2D eigenvalue weighted by atomic mass is 10.1. The van der Waals surface area contributed by atoms with Crippen molar-refractivity contribution in [3.8, 4) is 17.0 Å². The first-order chi connectivity index (χ1) is 9.87. The van der Waals surface area contributed by atoms with E-state index in [0.717, 1.165) is 5.82 Å². The molecular formula is C14H16F3N3O. The Morgan fingerprint density at radius 2 is 1.90 bits per heavy atom. The Kier molecular flexibility index (Phi) is 4.11. The van der Waals surface area contributed by atoms with Crippen LogP contribution in [-0.2, 0) is 13.0 Å². The third-order valence-corrected chi connectivity index (χ3v) is 3.09. The number of halogens is 3. The molecule has 21 heavy (non-hydrogen) atoms. The van der Waals surface area contributed by atoms with Gasteiger partial charge in [-0.2, -0.15) is 0 Å². The SMILES string of the molecule is CCc1nc(-c2ccccc2OC(F)(F)F)c(N)n1CC. The number of hydrogen-bond donors (Lipinski definition) is 1. The molecule has 0 amide bonds. The summed E-state index contributed by atoms with van der Waals surface area (Å²) >= 11 is 0. The molecule has 1 aromatic heterocycles. The van der Waals surface area contributed by atoms with E-state index in [-0.39, 0.29) is 11.3 Å². The van der Waals surface area contributed by atoms with Crippen molar-refractivity contribution in [1.29, 1.82) is 0 Å². The van der Waals surface area contributed by atoms with Crippen LogP contribution in [0.4, 0.5) is 19.0 Å². The summed E-state index contributed by atoms with van der Waals surface area (Å²) in [4.78, 5) is 4.35. The number of rotatable bonds is 4. The number of benzene rings is 1. The largest absolute Gasteiger partial charge is 0.573 e. The van der Waals surface area contributed by atoms with Crippen molar-refractivity contribution >= 4 is 5.82 Å². The minimum Gasteiger partial charge on any atom is -0.405 e. The van der Waals surface area contributed by atoms with Crippen LogP contribution in [-0.4, -0.2) is 15.9 Å². The van der Waals surface area contributed by atoms with Crippen molar-refractivity contribution in [1.82, 2.24) is 9.55 Å². The van der Waals surface area contributed by atoms with Crippen molar-refractivity contribution in [3.05, 3.63) is 30.1 Å². The third kappa shape index (κ3) is 3.12. The minimum atomic E-state index is -4.76. The first kappa shape index (κ1) is 15.2. The normalized spacial score (nSPS) is 11.7. The number of hydrogen-bond acceptors (Lipinski definition) is 3. The molecule has 2 N–H and O–H groups in total. The summed E-state index contributed by atoms with van der Waals surface area (Å²) in [5, 5.41) is 0. The molecule has 1 heterocycles. The first-order valence-corrected chi connectivity index (χ1v) is 6.57. The van der Waals surface area contributed by atoms with E-state index in [1.807, 2.05) is 13.8 Å². The molecule has 0 bridgehead atoms. The van der Waals surface area contributed by atoms with Crippen LogP contribution in [0.3, 0.4) is 0 Å². The molecule has 0 aliphatic carbocycles. The lowest BCUT2D eigenvalue weighted by Gasteiger charge is -2.12. The van der Waals surface area contributed by atoms with Crippen molar-refractivity contribution in [2.75, 3.05) is 5.73 Å². The second kappa shape index (κ2) is 5.67. The number of alkyl halides is 3. The van der Waals surface area contributed by atoms with Crippen LogP contribution in [0, 0.1) is 0 Å². The maximum absolute atomic E-state index is 12.5. The Bertz CT molecular complexity index is 635. The van der Waals surface area contributed by atoms with Crippen LogP contribution < -0.4 is 10.5 Å². The second-order valence-corrected chi connectivity index (χ2v) is 4.40. The van der Waals surface area contributed by atoms with Crippen molar-refractivity contribution < 1.29 is 17.9 Å². The predicted molar refractivity (Wildman–Crippen MR) is 73.8 cm³/mol. The topological polar surface area (TPSA) is 53.1 Å². The molecule has 1 aromatic carbocycles. The number of aryl methyl sites for hydroxylation is 1. The first-order valence-electron chi connectivity index (χ1n) is 6.57. The molecule has 0 aliphatic heterocycles. The number of imidazole rings is 1. The zero-order valence-electron chi connectivity index (χ0n) is 11.7. The zero-order chi connectivity index (χ0) is 15.6. The Balaban J connectivity index is 2.55. The summed E-state index contributed by atoms with van der Waals surface area (Å²) in [6, 6.07) is 5.85. The van der Waals surface area contributed by atoms with Gasteiger partial charge in [-0.1, -0.05) is 19.1 Å². The highest BCUT2D eigenvalue weighted by atomic mass is 19.4. The fraction of sp³-hybridized carbons (Fsp3) is 0.357. The molecule has 114 valence electrons. The maximum Gasteiger partial charge on any atom is 0.573 e. The Morgan fingerprint density at radius 3 is 2.43 bits per heavy atom. The van der Waals surface area contributed by atoms with Gasteiger partial charge in [0.05, 0.1) is 0 Å². The molecule has 0 fully saturated rings. The van der Waals surface area contributed by atoms with Crippen LogP contribution in [0.5, 0.6) is 5.75 Å². The predicted octanol–water partition coefficient (Wildman–Crippen LogP) is 3.61. The molecule has 0 saturated carbocycles. The summed E-state index contributed by atoms with van der Waals surface area (Å²) in [6.07, 6.45) is -4.12. The van der Waals surface area contributed by atoms with Crippen LogP contribution in [0.1, 0.15) is 19.7 Å². The van der Waals surface area contributed by atoms with Gasteiger partial charge in [-0.15, -0.1) is 13.2 Å². The Labute approximate surface area is 120 Å². The molecule has 7 heteroatoms. The van der Waals surface area contributed by atoms with Crippen molar-refractivity contribution in [2.24, 2.45) is 0 Å². The minimum absolute atomic E-state index is 0.231. The average molecular weight is 299 g/mol. The summed E-state index contributed by atoms with van der Waals surface area (Å²) < 4.78 is 43.3. The second-order valence-electron chi connectivity index (χ2n) is 4.40. The number of ether oxygens (including phenoxy) is 1. The van der Waals surface area contributed by atoms with Gasteiger partial charge in [0, 0.05) is 18.5 Å². The van der Waals surface area contributed by atoms with Crippen molar-refractivity contribution in [2.45, 2.75) is 33.2 Å². The van der Waals surface area contributed by atoms with E-state index in [1.165, 1.54) is 18.2 Å². The van der Waals surface area contributed by atoms with Gasteiger partial charge in [0.15, 0.2) is 0 Å². The van der Waals surface area contributed by atoms with E-state index < -0.39 is 6.36 Å². The summed E-state index contributed by atoms with van der Waals surface area (Å²) in [5.74, 6) is 0.763. The lowest BCUT2D eigenvalue weighted by molar-refractivity contribution is -0.274. The number of aromatic nitrogens is 2. The van der Waals surface area contributed by atoms with Gasteiger partial charge < -0.3 is 15.0 Å². The van der Waals surface area contributed by atoms with E-state index in [1.54, 1.807) is 10.6 Å². The van der Waals surface area contributed by atoms with Crippen LogP contribution in [0.15, 0.2) is 24.3 Å².